The number of hydrogen-bond acceptors (Lipinski definition) is 1. The van der Waals surface area contributed by atoms with Crippen molar-refractivity contribution in [2.24, 2.45) is 5.92 Å². The zero-order valence-electron chi connectivity index (χ0n) is 10.1. The average Bonchev–Trinajstić information content (AvgIpc) is 2.54. The standard InChI is InChI=1S/C13H18N2S/c1-4-9(2)8-15-12-6-5-10(3)7-11(12)14-13(15)16/h5-7,9H,4,8H2,1-3H3,(H,14,16). The molecule has 0 saturated heterocycles. The van der Waals surface area contributed by atoms with E-state index < -0.39 is 0 Å². The number of rotatable bonds is 3. The van der Waals surface area contributed by atoms with Gasteiger partial charge in [0, 0.05) is 6.54 Å². The lowest BCUT2D eigenvalue weighted by molar-refractivity contribution is 0.473. The van der Waals surface area contributed by atoms with E-state index >= 15 is 0 Å². The molecule has 1 heterocycles. The Morgan fingerprint density at radius 2 is 2.19 bits per heavy atom. The van der Waals surface area contributed by atoms with Crippen LogP contribution in [-0.2, 0) is 6.54 Å². The maximum absolute atomic E-state index is 5.37. The monoisotopic (exact) mass is 234 g/mol. The van der Waals surface area contributed by atoms with Crippen molar-refractivity contribution in [3.63, 3.8) is 0 Å². The van der Waals surface area contributed by atoms with Crippen molar-refractivity contribution in [3.8, 4) is 0 Å². The molecule has 0 aliphatic rings. The number of imidazole rings is 1. The molecule has 0 spiro atoms. The molecule has 2 aromatic rings. The predicted molar refractivity (Wildman–Crippen MR) is 71.3 cm³/mol. The van der Waals surface area contributed by atoms with E-state index in [0.717, 1.165) is 16.8 Å². The van der Waals surface area contributed by atoms with E-state index in [1.54, 1.807) is 0 Å². The van der Waals surface area contributed by atoms with Crippen LogP contribution in [0.2, 0.25) is 0 Å². The third-order valence-corrected chi connectivity index (χ3v) is 3.44. The van der Waals surface area contributed by atoms with Gasteiger partial charge in [-0.2, -0.15) is 0 Å². The number of H-pyrrole nitrogens is 1. The highest BCUT2D eigenvalue weighted by Gasteiger charge is 2.07. The Bertz CT molecular complexity index is 551. The number of aryl methyl sites for hydroxylation is 1. The molecule has 16 heavy (non-hydrogen) atoms. The summed E-state index contributed by atoms with van der Waals surface area (Å²) in [4.78, 5) is 3.28. The average molecular weight is 234 g/mol. The molecule has 1 N–H and O–H groups in total. The molecule has 0 saturated carbocycles. The van der Waals surface area contributed by atoms with Crippen molar-refractivity contribution >= 4 is 23.3 Å². The normalized spacial score (nSPS) is 13.2. The maximum Gasteiger partial charge on any atom is 0.178 e. The fourth-order valence-electron chi connectivity index (χ4n) is 1.90. The highest BCUT2D eigenvalue weighted by Crippen LogP contribution is 2.18. The minimum atomic E-state index is 0.659. The van der Waals surface area contributed by atoms with Crippen LogP contribution in [-0.4, -0.2) is 9.55 Å². The number of hydrogen-bond donors (Lipinski definition) is 1. The highest BCUT2D eigenvalue weighted by molar-refractivity contribution is 7.71. The number of fused-ring (bicyclic) bond motifs is 1. The van der Waals surface area contributed by atoms with Crippen LogP contribution in [0.5, 0.6) is 0 Å². The van der Waals surface area contributed by atoms with Crippen LogP contribution in [0.15, 0.2) is 18.2 Å². The number of aromatic amines is 1. The van der Waals surface area contributed by atoms with E-state index in [1.165, 1.54) is 17.5 Å². The van der Waals surface area contributed by atoms with Crippen molar-refractivity contribution in [2.45, 2.75) is 33.7 Å². The Morgan fingerprint density at radius 3 is 2.88 bits per heavy atom. The van der Waals surface area contributed by atoms with Gasteiger partial charge in [0.25, 0.3) is 0 Å². The predicted octanol–water partition coefficient (Wildman–Crippen LogP) is 4.05. The summed E-state index contributed by atoms with van der Waals surface area (Å²) >= 11 is 5.37. The Kier molecular flexibility index (Phi) is 3.15. The first-order chi connectivity index (χ1) is 7.61. The first-order valence-electron chi connectivity index (χ1n) is 5.81. The third kappa shape index (κ3) is 2.05. The van der Waals surface area contributed by atoms with E-state index in [0.29, 0.717) is 5.92 Å². The van der Waals surface area contributed by atoms with Gasteiger partial charge in [0.15, 0.2) is 4.77 Å². The molecule has 0 bridgehead atoms. The molecule has 0 aliphatic carbocycles. The van der Waals surface area contributed by atoms with Crippen molar-refractivity contribution in [2.75, 3.05) is 0 Å². The van der Waals surface area contributed by atoms with Crippen LogP contribution in [0.25, 0.3) is 11.0 Å². The lowest BCUT2D eigenvalue weighted by atomic mass is 10.1. The molecule has 1 atom stereocenters. The minimum absolute atomic E-state index is 0.659. The van der Waals surface area contributed by atoms with E-state index in [4.69, 9.17) is 12.2 Å². The van der Waals surface area contributed by atoms with Crippen LogP contribution >= 0.6 is 12.2 Å². The summed E-state index contributed by atoms with van der Waals surface area (Å²) in [5, 5.41) is 0. The zero-order chi connectivity index (χ0) is 11.7. The topological polar surface area (TPSA) is 20.7 Å². The van der Waals surface area contributed by atoms with Crippen LogP contribution in [0.1, 0.15) is 25.8 Å². The zero-order valence-corrected chi connectivity index (χ0v) is 10.9. The highest BCUT2D eigenvalue weighted by atomic mass is 32.1. The van der Waals surface area contributed by atoms with Gasteiger partial charge in [0.05, 0.1) is 11.0 Å². The fraction of sp³-hybridized carbons (Fsp3) is 0.462. The maximum atomic E-state index is 5.37. The summed E-state index contributed by atoms with van der Waals surface area (Å²) in [6.45, 7) is 7.57. The molecule has 86 valence electrons. The number of aromatic nitrogens is 2. The summed E-state index contributed by atoms with van der Waals surface area (Å²) in [7, 11) is 0. The summed E-state index contributed by atoms with van der Waals surface area (Å²) in [6.07, 6.45) is 1.18. The SMILES string of the molecule is CCC(C)Cn1c(=S)[nH]c2cc(C)ccc21. The van der Waals surface area contributed by atoms with E-state index in [1.807, 2.05) is 0 Å². The van der Waals surface area contributed by atoms with Gasteiger partial charge < -0.3 is 9.55 Å². The Hall–Kier alpha value is -1.09. The van der Waals surface area contributed by atoms with Gasteiger partial charge in [-0.15, -0.1) is 0 Å². The molecule has 3 heteroatoms. The quantitative estimate of drug-likeness (QED) is 0.794. The molecular weight excluding hydrogens is 216 g/mol. The third-order valence-electron chi connectivity index (χ3n) is 3.12. The number of nitrogens with one attached hydrogen (secondary N) is 1. The Morgan fingerprint density at radius 1 is 1.44 bits per heavy atom. The van der Waals surface area contributed by atoms with Crippen LogP contribution in [0.3, 0.4) is 0 Å². The van der Waals surface area contributed by atoms with Crippen molar-refractivity contribution in [3.05, 3.63) is 28.5 Å². The van der Waals surface area contributed by atoms with Crippen LogP contribution in [0, 0.1) is 17.6 Å². The first kappa shape index (κ1) is 11.4. The second-order valence-corrected chi connectivity index (χ2v) is 4.96. The van der Waals surface area contributed by atoms with E-state index in [2.05, 4.69) is 48.5 Å². The lowest BCUT2D eigenvalue weighted by Gasteiger charge is -2.10. The molecule has 0 amide bonds. The largest absolute Gasteiger partial charge is 0.331 e. The van der Waals surface area contributed by atoms with Gasteiger partial charge in [0.2, 0.25) is 0 Å². The Labute approximate surface area is 101 Å². The van der Waals surface area contributed by atoms with Gasteiger partial charge in [-0.3, -0.25) is 0 Å². The number of nitrogens with zero attached hydrogens (tertiary/aromatic N) is 1. The number of benzene rings is 1. The molecule has 1 aromatic heterocycles. The summed E-state index contributed by atoms with van der Waals surface area (Å²) in [6, 6.07) is 6.44. The molecule has 0 fully saturated rings. The van der Waals surface area contributed by atoms with Crippen molar-refractivity contribution < 1.29 is 0 Å². The van der Waals surface area contributed by atoms with Crippen molar-refractivity contribution in [1.29, 1.82) is 0 Å². The van der Waals surface area contributed by atoms with Crippen LogP contribution < -0.4 is 0 Å². The molecule has 1 unspecified atom stereocenters. The second-order valence-electron chi connectivity index (χ2n) is 4.57. The van der Waals surface area contributed by atoms with E-state index in [-0.39, 0.29) is 0 Å². The van der Waals surface area contributed by atoms with Gasteiger partial charge >= 0.3 is 0 Å². The Balaban J connectivity index is 2.52. The molecule has 0 aliphatic heterocycles. The van der Waals surface area contributed by atoms with Crippen LogP contribution in [0.4, 0.5) is 0 Å². The van der Waals surface area contributed by atoms with E-state index in [9.17, 15) is 0 Å². The van der Waals surface area contributed by atoms with Crippen molar-refractivity contribution in [1.82, 2.24) is 9.55 Å². The molecule has 2 nitrogen and oxygen atoms in total. The fourth-order valence-corrected chi connectivity index (χ4v) is 2.18. The molecule has 1 aromatic carbocycles. The summed E-state index contributed by atoms with van der Waals surface area (Å²) < 4.78 is 3.04. The second kappa shape index (κ2) is 4.42. The lowest BCUT2D eigenvalue weighted by Crippen LogP contribution is -2.06. The van der Waals surface area contributed by atoms with Gasteiger partial charge in [-0.1, -0.05) is 26.3 Å². The van der Waals surface area contributed by atoms with Gasteiger partial charge in [-0.05, 0) is 42.8 Å². The van der Waals surface area contributed by atoms with Gasteiger partial charge in [0.1, 0.15) is 0 Å². The molecule has 0 radical (unpaired) electrons. The smallest absolute Gasteiger partial charge is 0.178 e. The molecule has 2 rings (SSSR count). The minimum Gasteiger partial charge on any atom is -0.331 e. The molecular formula is C13H18N2S. The summed E-state index contributed by atoms with van der Waals surface area (Å²) in [5.74, 6) is 0.659. The first-order valence-corrected chi connectivity index (χ1v) is 6.21. The van der Waals surface area contributed by atoms with Gasteiger partial charge in [-0.25, -0.2) is 0 Å². The summed E-state index contributed by atoms with van der Waals surface area (Å²) in [5.41, 5.74) is 3.63.